The summed E-state index contributed by atoms with van der Waals surface area (Å²) < 4.78 is 0. The highest BCUT2D eigenvalue weighted by Crippen LogP contribution is 2.18. The molecule has 0 bridgehead atoms. The van der Waals surface area contributed by atoms with Crippen LogP contribution in [-0.2, 0) is 0 Å². The molecular weight excluding hydrogens is 208 g/mol. The number of hydrogen-bond donors (Lipinski definition) is 3. The summed E-state index contributed by atoms with van der Waals surface area (Å²) in [5.74, 6) is 0.784. The molecule has 1 saturated carbocycles. The quantitative estimate of drug-likeness (QED) is 0.661. The molecule has 0 aromatic heterocycles. The Labute approximate surface area is 97.2 Å². The maximum atomic E-state index is 9.99. The van der Waals surface area contributed by atoms with E-state index in [4.69, 9.17) is 5.73 Å². The van der Waals surface area contributed by atoms with Gasteiger partial charge in [-0.05, 0) is 38.9 Å². The zero-order valence-electron chi connectivity index (χ0n) is 9.83. The van der Waals surface area contributed by atoms with Crippen LogP contribution >= 0.6 is 11.8 Å². The summed E-state index contributed by atoms with van der Waals surface area (Å²) in [5, 5.41) is 13.4. The Bertz CT molecular complexity index is 179. The standard InChI is InChI=1S/C11H24N2OS/c1-11(14,8-15-2)7-13-10-5-3-9(12)4-6-10/h9-10,13-14H,3-8,12H2,1-2H3. The van der Waals surface area contributed by atoms with Crippen molar-refractivity contribution in [2.75, 3.05) is 18.6 Å². The summed E-state index contributed by atoms with van der Waals surface area (Å²) in [7, 11) is 0. The topological polar surface area (TPSA) is 58.3 Å². The number of rotatable bonds is 5. The van der Waals surface area contributed by atoms with E-state index in [9.17, 15) is 5.11 Å². The summed E-state index contributed by atoms with van der Waals surface area (Å²) in [6.45, 7) is 2.58. The lowest BCUT2D eigenvalue weighted by molar-refractivity contribution is 0.0792. The fourth-order valence-electron chi connectivity index (χ4n) is 2.05. The Morgan fingerprint density at radius 3 is 2.53 bits per heavy atom. The molecule has 0 radical (unpaired) electrons. The van der Waals surface area contributed by atoms with Gasteiger partial charge in [0.15, 0.2) is 0 Å². The Balaban J connectivity index is 2.19. The third-order valence-electron chi connectivity index (χ3n) is 3.00. The highest BCUT2D eigenvalue weighted by Gasteiger charge is 2.23. The van der Waals surface area contributed by atoms with E-state index >= 15 is 0 Å². The van der Waals surface area contributed by atoms with Crippen molar-refractivity contribution >= 4 is 11.8 Å². The summed E-state index contributed by atoms with van der Waals surface area (Å²) in [6.07, 6.45) is 6.55. The van der Waals surface area contributed by atoms with Gasteiger partial charge < -0.3 is 16.2 Å². The number of aliphatic hydroxyl groups is 1. The van der Waals surface area contributed by atoms with E-state index in [-0.39, 0.29) is 0 Å². The van der Waals surface area contributed by atoms with Crippen LogP contribution in [0.2, 0.25) is 0 Å². The summed E-state index contributed by atoms with van der Waals surface area (Å²) in [6, 6.07) is 0.952. The van der Waals surface area contributed by atoms with Gasteiger partial charge in [0.05, 0.1) is 5.60 Å². The van der Waals surface area contributed by atoms with E-state index in [2.05, 4.69) is 5.32 Å². The molecule has 3 nitrogen and oxygen atoms in total. The third-order valence-corrected chi connectivity index (χ3v) is 3.91. The van der Waals surface area contributed by atoms with Gasteiger partial charge in [0.2, 0.25) is 0 Å². The molecule has 0 saturated heterocycles. The van der Waals surface area contributed by atoms with Gasteiger partial charge >= 0.3 is 0 Å². The molecule has 1 atom stereocenters. The fourth-order valence-corrected chi connectivity index (χ4v) is 2.77. The maximum absolute atomic E-state index is 9.99. The first-order chi connectivity index (χ1) is 7.03. The van der Waals surface area contributed by atoms with Crippen molar-refractivity contribution in [1.82, 2.24) is 5.32 Å². The van der Waals surface area contributed by atoms with Crippen LogP contribution in [0, 0.1) is 0 Å². The summed E-state index contributed by atoms with van der Waals surface area (Å²) >= 11 is 1.69. The lowest BCUT2D eigenvalue weighted by Crippen LogP contribution is -2.46. The molecule has 4 heteroatoms. The molecule has 0 aliphatic heterocycles. The Kier molecular flexibility index (Phi) is 5.39. The van der Waals surface area contributed by atoms with E-state index in [1.807, 2.05) is 13.2 Å². The zero-order chi connectivity index (χ0) is 11.3. The summed E-state index contributed by atoms with van der Waals surface area (Å²) in [5.41, 5.74) is 5.26. The molecule has 1 aliphatic carbocycles. The fraction of sp³-hybridized carbons (Fsp3) is 1.00. The normalized spacial score (nSPS) is 31.2. The van der Waals surface area contributed by atoms with Crippen LogP contribution in [0.3, 0.4) is 0 Å². The van der Waals surface area contributed by atoms with Crippen LogP contribution in [0.25, 0.3) is 0 Å². The Hall–Kier alpha value is 0.230. The van der Waals surface area contributed by atoms with Crippen molar-refractivity contribution in [3.63, 3.8) is 0 Å². The van der Waals surface area contributed by atoms with E-state index in [0.717, 1.165) is 31.4 Å². The van der Waals surface area contributed by atoms with Crippen molar-refractivity contribution in [3.05, 3.63) is 0 Å². The van der Waals surface area contributed by atoms with Gasteiger partial charge in [-0.1, -0.05) is 0 Å². The molecule has 0 aromatic rings. The molecule has 15 heavy (non-hydrogen) atoms. The molecule has 0 amide bonds. The highest BCUT2D eigenvalue weighted by atomic mass is 32.2. The molecule has 90 valence electrons. The lowest BCUT2D eigenvalue weighted by atomic mass is 9.91. The smallest absolute Gasteiger partial charge is 0.0833 e. The molecule has 1 fully saturated rings. The first-order valence-electron chi connectivity index (χ1n) is 5.74. The van der Waals surface area contributed by atoms with Crippen LogP contribution in [0.5, 0.6) is 0 Å². The SMILES string of the molecule is CSCC(C)(O)CNC1CCC(N)CC1. The van der Waals surface area contributed by atoms with Gasteiger partial charge in [-0.3, -0.25) is 0 Å². The third kappa shape index (κ3) is 5.20. The lowest BCUT2D eigenvalue weighted by Gasteiger charge is -2.30. The Morgan fingerprint density at radius 1 is 1.40 bits per heavy atom. The molecule has 0 heterocycles. The van der Waals surface area contributed by atoms with Gasteiger partial charge in [0.1, 0.15) is 0 Å². The molecule has 0 aromatic carbocycles. The molecule has 1 unspecified atom stereocenters. The molecular formula is C11H24N2OS. The number of nitrogens with one attached hydrogen (secondary N) is 1. The van der Waals surface area contributed by atoms with Crippen LogP contribution in [0.4, 0.5) is 0 Å². The monoisotopic (exact) mass is 232 g/mol. The van der Waals surface area contributed by atoms with Crippen LogP contribution in [0.15, 0.2) is 0 Å². The van der Waals surface area contributed by atoms with E-state index in [1.165, 1.54) is 0 Å². The molecule has 1 rings (SSSR count). The van der Waals surface area contributed by atoms with Gasteiger partial charge in [-0.25, -0.2) is 0 Å². The predicted molar refractivity (Wildman–Crippen MR) is 67.2 cm³/mol. The average Bonchev–Trinajstić information content (AvgIpc) is 2.17. The maximum Gasteiger partial charge on any atom is 0.0833 e. The molecule has 1 aliphatic rings. The van der Waals surface area contributed by atoms with Gasteiger partial charge in [-0.15, -0.1) is 0 Å². The first kappa shape index (κ1) is 13.3. The zero-order valence-corrected chi connectivity index (χ0v) is 10.6. The van der Waals surface area contributed by atoms with Crippen molar-refractivity contribution in [3.8, 4) is 0 Å². The van der Waals surface area contributed by atoms with Crippen LogP contribution in [0.1, 0.15) is 32.6 Å². The van der Waals surface area contributed by atoms with Crippen LogP contribution < -0.4 is 11.1 Å². The second kappa shape index (κ2) is 6.09. The van der Waals surface area contributed by atoms with E-state index in [0.29, 0.717) is 18.6 Å². The van der Waals surface area contributed by atoms with Gasteiger partial charge in [0.25, 0.3) is 0 Å². The minimum Gasteiger partial charge on any atom is -0.388 e. The van der Waals surface area contributed by atoms with E-state index < -0.39 is 5.60 Å². The van der Waals surface area contributed by atoms with E-state index in [1.54, 1.807) is 11.8 Å². The minimum atomic E-state index is -0.584. The number of nitrogens with two attached hydrogens (primary N) is 1. The van der Waals surface area contributed by atoms with Crippen molar-refractivity contribution in [1.29, 1.82) is 0 Å². The predicted octanol–water partition coefficient (Wildman–Crippen LogP) is 0.960. The van der Waals surface area contributed by atoms with Gasteiger partial charge in [0, 0.05) is 24.4 Å². The largest absolute Gasteiger partial charge is 0.388 e. The van der Waals surface area contributed by atoms with Crippen molar-refractivity contribution in [2.24, 2.45) is 5.73 Å². The van der Waals surface area contributed by atoms with Gasteiger partial charge in [-0.2, -0.15) is 11.8 Å². The summed E-state index contributed by atoms with van der Waals surface area (Å²) in [4.78, 5) is 0. The number of thioether (sulfide) groups is 1. The van der Waals surface area contributed by atoms with Crippen LogP contribution in [-0.4, -0.2) is 41.3 Å². The molecule has 4 N–H and O–H groups in total. The average molecular weight is 232 g/mol. The van der Waals surface area contributed by atoms with Crippen molar-refractivity contribution in [2.45, 2.75) is 50.3 Å². The molecule has 0 spiro atoms. The second-order valence-electron chi connectivity index (χ2n) is 4.92. The first-order valence-corrected chi connectivity index (χ1v) is 7.13. The highest BCUT2D eigenvalue weighted by molar-refractivity contribution is 7.98. The second-order valence-corrected chi connectivity index (χ2v) is 5.79. The minimum absolute atomic E-state index is 0.398. The number of hydrogen-bond acceptors (Lipinski definition) is 4. The Morgan fingerprint density at radius 2 is 2.00 bits per heavy atom. The van der Waals surface area contributed by atoms with Crippen molar-refractivity contribution < 1.29 is 5.11 Å².